The van der Waals surface area contributed by atoms with Crippen LogP contribution in [-0.2, 0) is 4.74 Å². The molecule has 20 heavy (non-hydrogen) atoms. The minimum absolute atomic E-state index is 0.399. The molecule has 1 aliphatic carbocycles. The monoisotopic (exact) mass is 280 g/mol. The molecule has 0 aromatic rings. The van der Waals surface area contributed by atoms with Gasteiger partial charge in [0.05, 0.1) is 6.61 Å². The average Bonchev–Trinajstić information content (AvgIpc) is 3.13. The third kappa shape index (κ3) is 3.20. The summed E-state index contributed by atoms with van der Waals surface area (Å²) in [6.45, 7) is 12.8. The predicted octanol–water partition coefficient (Wildman–Crippen LogP) is 2.51. The van der Waals surface area contributed by atoms with Crippen LogP contribution in [0.4, 0.5) is 0 Å². The van der Waals surface area contributed by atoms with Crippen LogP contribution >= 0.6 is 0 Å². The fourth-order valence-electron chi connectivity index (χ4n) is 4.16. The molecule has 0 bridgehead atoms. The molecule has 0 radical (unpaired) electrons. The van der Waals surface area contributed by atoms with Crippen LogP contribution in [0.15, 0.2) is 0 Å². The van der Waals surface area contributed by atoms with E-state index in [0.717, 1.165) is 31.0 Å². The average molecular weight is 280 g/mol. The van der Waals surface area contributed by atoms with Crippen LogP contribution in [0.5, 0.6) is 0 Å². The Morgan fingerprint density at radius 1 is 1.30 bits per heavy atom. The summed E-state index contributed by atoms with van der Waals surface area (Å²) < 4.78 is 5.59. The fraction of sp³-hybridized carbons (Fsp3) is 1.00. The predicted molar refractivity (Wildman–Crippen MR) is 82.9 cm³/mol. The number of nitrogens with one attached hydrogen (secondary N) is 1. The zero-order valence-electron chi connectivity index (χ0n) is 13.5. The van der Waals surface area contributed by atoms with E-state index in [0.29, 0.717) is 11.6 Å². The zero-order valence-corrected chi connectivity index (χ0v) is 13.5. The Balaban J connectivity index is 1.65. The Bertz CT molecular complexity index is 323. The largest absolute Gasteiger partial charge is 0.381 e. The second-order valence-electron chi connectivity index (χ2n) is 7.97. The molecule has 2 aliphatic heterocycles. The second kappa shape index (κ2) is 5.94. The minimum Gasteiger partial charge on any atom is -0.381 e. The first-order valence-electron chi connectivity index (χ1n) is 8.64. The first-order valence-corrected chi connectivity index (χ1v) is 8.64. The van der Waals surface area contributed by atoms with Crippen molar-refractivity contribution in [3.8, 4) is 0 Å². The van der Waals surface area contributed by atoms with Crippen molar-refractivity contribution in [2.75, 3.05) is 32.8 Å². The van der Waals surface area contributed by atoms with Crippen LogP contribution in [0, 0.1) is 17.8 Å². The van der Waals surface area contributed by atoms with Crippen LogP contribution in [0.3, 0.4) is 0 Å². The molecule has 2 heterocycles. The summed E-state index contributed by atoms with van der Waals surface area (Å²) in [6, 6.07) is 0.684. The van der Waals surface area contributed by atoms with Crippen molar-refractivity contribution < 1.29 is 4.74 Å². The lowest BCUT2D eigenvalue weighted by molar-refractivity contribution is 0.0166. The summed E-state index contributed by atoms with van der Waals surface area (Å²) in [5.74, 6) is 2.48. The zero-order chi connectivity index (χ0) is 14.2. The van der Waals surface area contributed by atoms with Crippen LogP contribution in [0.1, 0.15) is 46.5 Å². The molecule has 1 N–H and O–H groups in total. The van der Waals surface area contributed by atoms with Gasteiger partial charge in [0.2, 0.25) is 0 Å². The van der Waals surface area contributed by atoms with Crippen molar-refractivity contribution in [2.45, 2.75) is 58.0 Å². The smallest absolute Gasteiger partial charge is 0.0507 e. The lowest BCUT2D eigenvalue weighted by Crippen LogP contribution is -2.65. The lowest BCUT2D eigenvalue weighted by Gasteiger charge is -2.50. The van der Waals surface area contributed by atoms with Gasteiger partial charge < -0.3 is 10.1 Å². The Labute approximate surface area is 124 Å². The molecule has 1 saturated carbocycles. The highest BCUT2D eigenvalue weighted by Crippen LogP contribution is 2.44. The van der Waals surface area contributed by atoms with E-state index in [9.17, 15) is 0 Å². The van der Waals surface area contributed by atoms with E-state index in [1.807, 2.05) is 0 Å². The van der Waals surface area contributed by atoms with Crippen LogP contribution in [-0.4, -0.2) is 49.3 Å². The van der Waals surface area contributed by atoms with Gasteiger partial charge in [-0.3, -0.25) is 4.90 Å². The van der Waals surface area contributed by atoms with Crippen LogP contribution < -0.4 is 5.32 Å². The molecule has 0 spiro atoms. The number of hydrogen-bond acceptors (Lipinski definition) is 3. The molecule has 3 aliphatic rings. The van der Waals surface area contributed by atoms with E-state index in [1.165, 1.54) is 45.3 Å². The van der Waals surface area contributed by atoms with Crippen LogP contribution in [0.2, 0.25) is 0 Å². The molecule has 3 nitrogen and oxygen atoms in total. The Hall–Kier alpha value is -0.120. The van der Waals surface area contributed by atoms with E-state index in [-0.39, 0.29) is 0 Å². The summed E-state index contributed by atoms with van der Waals surface area (Å²) in [7, 11) is 0. The van der Waals surface area contributed by atoms with Gasteiger partial charge >= 0.3 is 0 Å². The molecule has 3 atom stereocenters. The maximum atomic E-state index is 5.59. The summed E-state index contributed by atoms with van der Waals surface area (Å²) in [6.07, 6.45) is 5.44. The molecule has 116 valence electrons. The third-order valence-corrected chi connectivity index (χ3v) is 5.63. The molecule has 2 saturated heterocycles. The van der Waals surface area contributed by atoms with Gasteiger partial charge in [0.25, 0.3) is 0 Å². The summed E-state index contributed by atoms with van der Waals surface area (Å²) >= 11 is 0. The normalized spacial score (nSPS) is 39.6. The Morgan fingerprint density at radius 2 is 2.10 bits per heavy atom. The SMILES string of the molecule is CC(C)CC1CN(CC2CCOC2)C(C)(C2CC2)CN1. The molecule has 0 amide bonds. The number of nitrogens with zero attached hydrogens (tertiary/aromatic N) is 1. The first kappa shape index (κ1) is 14.8. The Morgan fingerprint density at radius 3 is 2.70 bits per heavy atom. The highest BCUT2D eigenvalue weighted by molar-refractivity contribution is 5.05. The second-order valence-corrected chi connectivity index (χ2v) is 7.97. The van der Waals surface area contributed by atoms with E-state index in [2.05, 4.69) is 31.0 Å². The Kier molecular flexibility index (Phi) is 4.40. The minimum atomic E-state index is 0.399. The molecular weight excluding hydrogens is 248 g/mol. The van der Waals surface area contributed by atoms with Crippen molar-refractivity contribution in [1.29, 1.82) is 0 Å². The summed E-state index contributed by atoms with van der Waals surface area (Å²) in [4.78, 5) is 2.83. The maximum absolute atomic E-state index is 5.59. The van der Waals surface area contributed by atoms with Gasteiger partial charge in [-0.25, -0.2) is 0 Å². The van der Waals surface area contributed by atoms with Crippen molar-refractivity contribution >= 4 is 0 Å². The number of piperazine rings is 1. The molecule has 3 rings (SSSR count). The topological polar surface area (TPSA) is 24.5 Å². The molecule has 0 aromatic carbocycles. The molecule has 3 unspecified atom stereocenters. The third-order valence-electron chi connectivity index (χ3n) is 5.63. The summed E-state index contributed by atoms with van der Waals surface area (Å²) in [5, 5.41) is 3.84. The van der Waals surface area contributed by atoms with E-state index in [4.69, 9.17) is 4.74 Å². The molecule has 3 heteroatoms. The first-order chi connectivity index (χ1) is 9.58. The van der Waals surface area contributed by atoms with E-state index in [1.54, 1.807) is 0 Å². The molecule has 0 aromatic heterocycles. The van der Waals surface area contributed by atoms with Gasteiger partial charge in [-0.2, -0.15) is 0 Å². The lowest BCUT2D eigenvalue weighted by atomic mass is 9.87. The molecular formula is C17H32N2O. The molecule has 3 fully saturated rings. The van der Waals surface area contributed by atoms with Gasteiger partial charge in [-0.15, -0.1) is 0 Å². The van der Waals surface area contributed by atoms with E-state index >= 15 is 0 Å². The fourth-order valence-corrected chi connectivity index (χ4v) is 4.16. The van der Waals surface area contributed by atoms with Crippen LogP contribution in [0.25, 0.3) is 0 Å². The van der Waals surface area contributed by atoms with Crippen molar-refractivity contribution in [3.05, 3.63) is 0 Å². The highest BCUT2D eigenvalue weighted by atomic mass is 16.5. The number of rotatable bonds is 5. The van der Waals surface area contributed by atoms with Crippen molar-refractivity contribution in [1.82, 2.24) is 10.2 Å². The van der Waals surface area contributed by atoms with Crippen molar-refractivity contribution in [3.63, 3.8) is 0 Å². The van der Waals surface area contributed by atoms with Crippen molar-refractivity contribution in [2.24, 2.45) is 17.8 Å². The number of ether oxygens (including phenoxy) is 1. The van der Waals surface area contributed by atoms with Gasteiger partial charge in [0.1, 0.15) is 0 Å². The van der Waals surface area contributed by atoms with Gasteiger partial charge in [0, 0.05) is 37.8 Å². The standard InChI is InChI=1S/C17H32N2O/c1-13(2)8-16-10-19(9-14-6-7-20-11-14)17(3,12-18-16)15-4-5-15/h13-16,18H,4-12H2,1-3H3. The quantitative estimate of drug-likeness (QED) is 0.837. The maximum Gasteiger partial charge on any atom is 0.0507 e. The van der Waals surface area contributed by atoms with Gasteiger partial charge in [0.15, 0.2) is 0 Å². The van der Waals surface area contributed by atoms with Gasteiger partial charge in [-0.05, 0) is 50.4 Å². The van der Waals surface area contributed by atoms with E-state index < -0.39 is 0 Å². The highest BCUT2D eigenvalue weighted by Gasteiger charge is 2.48. The summed E-state index contributed by atoms with van der Waals surface area (Å²) in [5.41, 5.74) is 0.399. The van der Waals surface area contributed by atoms with Gasteiger partial charge in [-0.1, -0.05) is 13.8 Å². The number of hydrogen-bond donors (Lipinski definition) is 1.